The molecule has 0 amide bonds. The van der Waals surface area contributed by atoms with Crippen LogP contribution in [-0.2, 0) is 6.54 Å². The number of benzene rings is 1. The van der Waals surface area contributed by atoms with E-state index >= 15 is 0 Å². The quantitative estimate of drug-likeness (QED) is 0.783. The molecule has 1 fully saturated rings. The van der Waals surface area contributed by atoms with Gasteiger partial charge in [0, 0.05) is 6.54 Å². The molecule has 0 heterocycles. The Balaban J connectivity index is 2.03. The van der Waals surface area contributed by atoms with Crippen LogP contribution in [-0.4, -0.2) is 0 Å². The molecule has 0 spiro atoms. The summed E-state index contributed by atoms with van der Waals surface area (Å²) in [4.78, 5) is 0. The standard InChI is InChI=1S/C15H22FN/c16-15(13-5-3-1-2-4-6-13)14-9-7-12(11-17)8-10-14/h7-10,13,15H,1-6,11,17H2. The first-order chi connectivity index (χ1) is 8.31. The minimum absolute atomic E-state index is 0.223. The summed E-state index contributed by atoms with van der Waals surface area (Å²) in [5.41, 5.74) is 7.44. The highest BCUT2D eigenvalue weighted by atomic mass is 19.1. The molecule has 0 bridgehead atoms. The molecule has 1 aromatic carbocycles. The molecule has 1 atom stereocenters. The molecule has 1 aliphatic carbocycles. The molecule has 0 aliphatic heterocycles. The molecule has 1 aliphatic rings. The Kier molecular flexibility index (Phi) is 4.55. The summed E-state index contributed by atoms with van der Waals surface area (Å²) < 4.78 is 14.4. The van der Waals surface area contributed by atoms with Crippen molar-refractivity contribution in [2.75, 3.05) is 0 Å². The van der Waals surface area contributed by atoms with E-state index in [1.54, 1.807) is 0 Å². The first kappa shape index (κ1) is 12.6. The SMILES string of the molecule is NCc1ccc(C(F)C2CCCCCC2)cc1. The Bertz CT molecular complexity index is 325. The fraction of sp³-hybridized carbons (Fsp3) is 0.600. The molecule has 0 saturated heterocycles. The monoisotopic (exact) mass is 235 g/mol. The predicted octanol–water partition coefficient (Wildman–Crippen LogP) is 4.13. The normalized spacial score (nSPS) is 19.9. The summed E-state index contributed by atoms with van der Waals surface area (Å²) in [5.74, 6) is 0.223. The molecule has 1 saturated carbocycles. The van der Waals surface area contributed by atoms with Gasteiger partial charge in [-0.05, 0) is 29.9 Å². The third-order valence-electron chi connectivity index (χ3n) is 3.85. The van der Waals surface area contributed by atoms with Crippen molar-refractivity contribution < 1.29 is 4.39 Å². The predicted molar refractivity (Wildman–Crippen MR) is 69.4 cm³/mol. The topological polar surface area (TPSA) is 26.0 Å². The molecule has 2 rings (SSSR count). The molecule has 2 heteroatoms. The van der Waals surface area contributed by atoms with Crippen molar-refractivity contribution in [3.8, 4) is 0 Å². The van der Waals surface area contributed by atoms with E-state index in [0.29, 0.717) is 6.54 Å². The maximum absolute atomic E-state index is 14.4. The summed E-state index contributed by atoms with van der Waals surface area (Å²) in [6, 6.07) is 7.69. The van der Waals surface area contributed by atoms with Crippen LogP contribution in [0.15, 0.2) is 24.3 Å². The number of hydrogen-bond acceptors (Lipinski definition) is 1. The Hall–Kier alpha value is -0.890. The van der Waals surface area contributed by atoms with Crippen molar-refractivity contribution in [3.05, 3.63) is 35.4 Å². The highest BCUT2D eigenvalue weighted by molar-refractivity contribution is 5.24. The highest BCUT2D eigenvalue weighted by Gasteiger charge is 2.23. The second kappa shape index (κ2) is 6.15. The van der Waals surface area contributed by atoms with E-state index in [1.165, 1.54) is 25.7 Å². The van der Waals surface area contributed by atoms with Crippen molar-refractivity contribution in [2.24, 2.45) is 11.7 Å². The highest BCUT2D eigenvalue weighted by Crippen LogP contribution is 2.36. The van der Waals surface area contributed by atoms with Crippen molar-refractivity contribution >= 4 is 0 Å². The van der Waals surface area contributed by atoms with Crippen LogP contribution in [0.5, 0.6) is 0 Å². The maximum atomic E-state index is 14.4. The van der Waals surface area contributed by atoms with E-state index in [1.807, 2.05) is 24.3 Å². The maximum Gasteiger partial charge on any atom is 0.128 e. The second-order valence-electron chi connectivity index (χ2n) is 5.10. The van der Waals surface area contributed by atoms with E-state index in [-0.39, 0.29) is 5.92 Å². The lowest BCUT2D eigenvalue weighted by Gasteiger charge is -2.19. The van der Waals surface area contributed by atoms with Crippen LogP contribution in [0, 0.1) is 5.92 Å². The third-order valence-corrected chi connectivity index (χ3v) is 3.85. The molecule has 17 heavy (non-hydrogen) atoms. The van der Waals surface area contributed by atoms with E-state index in [4.69, 9.17) is 5.73 Å². The Labute approximate surface area is 103 Å². The van der Waals surface area contributed by atoms with Gasteiger partial charge < -0.3 is 5.73 Å². The molecule has 0 radical (unpaired) electrons. The van der Waals surface area contributed by atoms with Gasteiger partial charge in [0.15, 0.2) is 0 Å². The van der Waals surface area contributed by atoms with Crippen molar-refractivity contribution in [1.29, 1.82) is 0 Å². The lowest BCUT2D eigenvalue weighted by atomic mass is 9.90. The van der Waals surface area contributed by atoms with Crippen molar-refractivity contribution in [1.82, 2.24) is 0 Å². The molecule has 1 unspecified atom stereocenters. The molecule has 0 aromatic heterocycles. The Morgan fingerprint density at radius 1 is 1.06 bits per heavy atom. The fourth-order valence-corrected chi connectivity index (χ4v) is 2.71. The Morgan fingerprint density at radius 2 is 1.65 bits per heavy atom. The van der Waals surface area contributed by atoms with Crippen LogP contribution >= 0.6 is 0 Å². The van der Waals surface area contributed by atoms with E-state index in [0.717, 1.165) is 24.0 Å². The van der Waals surface area contributed by atoms with Gasteiger partial charge in [-0.2, -0.15) is 0 Å². The summed E-state index contributed by atoms with van der Waals surface area (Å²) in [7, 11) is 0. The average molecular weight is 235 g/mol. The van der Waals surface area contributed by atoms with Gasteiger partial charge in [-0.3, -0.25) is 0 Å². The summed E-state index contributed by atoms with van der Waals surface area (Å²) >= 11 is 0. The summed E-state index contributed by atoms with van der Waals surface area (Å²) in [6.45, 7) is 0.528. The van der Waals surface area contributed by atoms with Gasteiger partial charge in [-0.25, -0.2) is 4.39 Å². The van der Waals surface area contributed by atoms with Gasteiger partial charge in [0.05, 0.1) is 0 Å². The van der Waals surface area contributed by atoms with Crippen molar-refractivity contribution in [3.63, 3.8) is 0 Å². The number of nitrogens with two attached hydrogens (primary N) is 1. The van der Waals surface area contributed by atoms with Crippen LogP contribution in [0.2, 0.25) is 0 Å². The second-order valence-corrected chi connectivity index (χ2v) is 5.10. The van der Waals surface area contributed by atoms with E-state index < -0.39 is 6.17 Å². The Morgan fingerprint density at radius 3 is 2.18 bits per heavy atom. The third kappa shape index (κ3) is 3.29. The molecular weight excluding hydrogens is 213 g/mol. The van der Waals surface area contributed by atoms with Crippen LogP contribution < -0.4 is 5.73 Å². The fourth-order valence-electron chi connectivity index (χ4n) is 2.71. The first-order valence-electron chi connectivity index (χ1n) is 6.74. The smallest absolute Gasteiger partial charge is 0.128 e. The molecule has 1 nitrogen and oxygen atoms in total. The largest absolute Gasteiger partial charge is 0.326 e. The zero-order valence-electron chi connectivity index (χ0n) is 10.4. The molecule has 2 N–H and O–H groups in total. The van der Waals surface area contributed by atoms with Gasteiger partial charge >= 0.3 is 0 Å². The zero-order chi connectivity index (χ0) is 12.1. The van der Waals surface area contributed by atoms with Crippen LogP contribution in [0.3, 0.4) is 0 Å². The first-order valence-corrected chi connectivity index (χ1v) is 6.74. The van der Waals surface area contributed by atoms with E-state index in [2.05, 4.69) is 0 Å². The molecule has 94 valence electrons. The van der Waals surface area contributed by atoms with Gasteiger partial charge in [0.25, 0.3) is 0 Å². The number of halogens is 1. The average Bonchev–Trinajstić information content (AvgIpc) is 2.67. The minimum atomic E-state index is -0.792. The summed E-state index contributed by atoms with van der Waals surface area (Å²) in [6.07, 6.45) is 6.21. The van der Waals surface area contributed by atoms with Gasteiger partial charge in [-0.1, -0.05) is 49.9 Å². The lowest BCUT2D eigenvalue weighted by molar-refractivity contribution is 0.211. The van der Waals surface area contributed by atoms with Crippen LogP contribution in [0.1, 0.15) is 55.8 Å². The van der Waals surface area contributed by atoms with Crippen molar-refractivity contribution in [2.45, 2.75) is 51.2 Å². The number of rotatable bonds is 3. The lowest BCUT2D eigenvalue weighted by Crippen LogP contribution is -2.08. The number of hydrogen-bond donors (Lipinski definition) is 1. The van der Waals surface area contributed by atoms with Gasteiger partial charge in [0.1, 0.15) is 6.17 Å². The van der Waals surface area contributed by atoms with Crippen LogP contribution in [0.4, 0.5) is 4.39 Å². The van der Waals surface area contributed by atoms with Gasteiger partial charge in [-0.15, -0.1) is 0 Å². The molecule has 1 aromatic rings. The van der Waals surface area contributed by atoms with E-state index in [9.17, 15) is 4.39 Å². The molecular formula is C15H22FN. The summed E-state index contributed by atoms with van der Waals surface area (Å²) in [5, 5.41) is 0. The minimum Gasteiger partial charge on any atom is -0.326 e. The zero-order valence-corrected chi connectivity index (χ0v) is 10.4. The van der Waals surface area contributed by atoms with Gasteiger partial charge in [0.2, 0.25) is 0 Å². The number of alkyl halides is 1. The van der Waals surface area contributed by atoms with Crippen LogP contribution in [0.25, 0.3) is 0 Å².